The summed E-state index contributed by atoms with van der Waals surface area (Å²) >= 11 is 0. The van der Waals surface area contributed by atoms with Gasteiger partial charge in [0, 0.05) is 38.4 Å². The molecule has 1 aliphatic heterocycles. The summed E-state index contributed by atoms with van der Waals surface area (Å²) in [5.74, 6) is 0.333. The Kier molecular flexibility index (Phi) is 7.73. The van der Waals surface area contributed by atoms with Crippen molar-refractivity contribution in [1.82, 2.24) is 15.6 Å². The molecule has 1 aromatic heterocycles. The number of piperazine rings is 1. The van der Waals surface area contributed by atoms with Crippen LogP contribution in [-0.2, 0) is 10.0 Å². The molecular weight excluding hydrogens is 450 g/mol. The molecule has 0 unspecified atom stereocenters. The van der Waals surface area contributed by atoms with Crippen molar-refractivity contribution in [2.45, 2.75) is 63.3 Å². The van der Waals surface area contributed by atoms with Gasteiger partial charge in [-0.1, -0.05) is 37.8 Å². The predicted octanol–water partition coefficient (Wildman–Crippen LogP) is 3.36. The number of sulfonamides is 1. The van der Waals surface area contributed by atoms with Crippen LogP contribution in [0.4, 0.5) is 11.5 Å². The Morgan fingerprint density at radius 3 is 2.47 bits per heavy atom. The third-order valence-corrected chi connectivity index (χ3v) is 8.12. The van der Waals surface area contributed by atoms with Crippen molar-refractivity contribution in [2.24, 2.45) is 0 Å². The standard InChI is InChI=1S/C25H35N5O3S/c1-18-9-10-19(2)23(15-18)34(32,33)29-22-16-20(17-27-24(22)30-13-11-26-12-14-30)25(31)28-21-7-5-3-4-6-8-21/h9-10,15-17,21,26,29H,3-8,11-14H2,1-2H3,(H,28,31). The summed E-state index contributed by atoms with van der Waals surface area (Å²) in [5, 5.41) is 6.43. The fourth-order valence-electron chi connectivity index (χ4n) is 4.67. The van der Waals surface area contributed by atoms with E-state index < -0.39 is 10.0 Å². The molecule has 1 aliphatic carbocycles. The molecular formula is C25H35N5O3S. The summed E-state index contributed by atoms with van der Waals surface area (Å²) in [4.78, 5) is 19.9. The third kappa shape index (κ3) is 5.88. The zero-order valence-electron chi connectivity index (χ0n) is 20.1. The van der Waals surface area contributed by atoms with Crippen LogP contribution in [-0.4, -0.2) is 51.5 Å². The van der Waals surface area contributed by atoms with Crippen molar-refractivity contribution in [3.05, 3.63) is 47.2 Å². The fourth-order valence-corrected chi connectivity index (χ4v) is 6.06. The Bertz CT molecular complexity index is 1120. The predicted molar refractivity (Wildman–Crippen MR) is 135 cm³/mol. The van der Waals surface area contributed by atoms with Crippen molar-refractivity contribution in [3.8, 4) is 0 Å². The highest BCUT2D eigenvalue weighted by Crippen LogP contribution is 2.29. The number of aromatic nitrogens is 1. The minimum absolute atomic E-state index is 0.151. The topological polar surface area (TPSA) is 103 Å². The van der Waals surface area contributed by atoms with Gasteiger partial charge in [-0.25, -0.2) is 13.4 Å². The molecule has 0 radical (unpaired) electrons. The van der Waals surface area contributed by atoms with E-state index in [1.807, 2.05) is 17.9 Å². The van der Waals surface area contributed by atoms with E-state index in [4.69, 9.17) is 0 Å². The highest BCUT2D eigenvalue weighted by molar-refractivity contribution is 7.92. The Balaban J connectivity index is 1.65. The van der Waals surface area contributed by atoms with Gasteiger partial charge in [0.2, 0.25) is 0 Å². The number of amides is 1. The lowest BCUT2D eigenvalue weighted by Crippen LogP contribution is -2.44. The number of carbonyl (C=O) groups excluding carboxylic acids is 1. The monoisotopic (exact) mass is 485 g/mol. The number of pyridine rings is 1. The Morgan fingerprint density at radius 1 is 1.06 bits per heavy atom. The lowest BCUT2D eigenvalue weighted by molar-refractivity contribution is 0.0933. The fraction of sp³-hybridized carbons (Fsp3) is 0.520. The average Bonchev–Trinajstić information content (AvgIpc) is 3.09. The first-order valence-corrected chi connectivity index (χ1v) is 13.7. The largest absolute Gasteiger partial charge is 0.352 e. The van der Waals surface area contributed by atoms with E-state index in [2.05, 4.69) is 20.3 Å². The van der Waals surface area contributed by atoms with Crippen molar-refractivity contribution in [3.63, 3.8) is 0 Å². The highest BCUT2D eigenvalue weighted by atomic mass is 32.2. The molecule has 1 aromatic carbocycles. The summed E-state index contributed by atoms with van der Waals surface area (Å²) in [5.41, 5.74) is 2.22. The third-order valence-electron chi connectivity index (χ3n) is 6.61. The second kappa shape index (κ2) is 10.7. The van der Waals surface area contributed by atoms with Crippen LogP contribution in [0.5, 0.6) is 0 Å². The number of benzene rings is 1. The van der Waals surface area contributed by atoms with Gasteiger partial charge in [-0.2, -0.15) is 0 Å². The maximum absolute atomic E-state index is 13.4. The van der Waals surface area contributed by atoms with Crippen LogP contribution in [0.2, 0.25) is 0 Å². The molecule has 0 atom stereocenters. The quantitative estimate of drug-likeness (QED) is 0.542. The number of nitrogens with zero attached hydrogens (tertiary/aromatic N) is 2. The molecule has 4 rings (SSSR count). The van der Waals surface area contributed by atoms with Gasteiger partial charge in [-0.15, -0.1) is 0 Å². The smallest absolute Gasteiger partial charge is 0.262 e. The van der Waals surface area contributed by atoms with Crippen LogP contribution in [0.25, 0.3) is 0 Å². The molecule has 3 N–H and O–H groups in total. The van der Waals surface area contributed by atoms with Crippen LogP contribution in [0.3, 0.4) is 0 Å². The zero-order chi connectivity index (χ0) is 24.1. The number of anilines is 2. The maximum atomic E-state index is 13.4. The summed E-state index contributed by atoms with van der Waals surface area (Å²) < 4.78 is 29.5. The highest BCUT2D eigenvalue weighted by Gasteiger charge is 2.24. The first-order chi connectivity index (χ1) is 16.3. The minimum atomic E-state index is -3.87. The Hall–Kier alpha value is -2.65. The van der Waals surface area contributed by atoms with Crippen LogP contribution in [0.15, 0.2) is 35.4 Å². The van der Waals surface area contributed by atoms with Gasteiger partial charge < -0.3 is 15.5 Å². The number of rotatable bonds is 6. The molecule has 0 bridgehead atoms. The van der Waals surface area contributed by atoms with Crippen LogP contribution < -0.4 is 20.3 Å². The molecule has 8 nitrogen and oxygen atoms in total. The van der Waals surface area contributed by atoms with Crippen LogP contribution in [0, 0.1) is 13.8 Å². The second-order valence-electron chi connectivity index (χ2n) is 9.37. The molecule has 2 aliphatic rings. The average molecular weight is 486 g/mol. The molecule has 34 heavy (non-hydrogen) atoms. The van der Waals surface area contributed by atoms with Gasteiger partial charge in [0.1, 0.15) is 0 Å². The van der Waals surface area contributed by atoms with Crippen molar-refractivity contribution in [2.75, 3.05) is 35.8 Å². The lowest BCUT2D eigenvalue weighted by atomic mass is 10.1. The number of aryl methyl sites for hydroxylation is 2. The van der Waals surface area contributed by atoms with Gasteiger partial charge in [0.05, 0.1) is 16.1 Å². The van der Waals surface area contributed by atoms with Gasteiger partial charge in [-0.05, 0) is 49.9 Å². The molecule has 9 heteroatoms. The Morgan fingerprint density at radius 2 is 1.76 bits per heavy atom. The molecule has 1 saturated heterocycles. The number of hydrogen-bond donors (Lipinski definition) is 3. The molecule has 2 heterocycles. The van der Waals surface area contributed by atoms with Crippen LogP contribution in [0.1, 0.15) is 60.0 Å². The summed E-state index contributed by atoms with van der Waals surface area (Å²) in [6, 6.07) is 7.13. The van der Waals surface area contributed by atoms with Crippen LogP contribution >= 0.6 is 0 Å². The van der Waals surface area contributed by atoms with E-state index in [-0.39, 0.29) is 16.8 Å². The normalized spacial score (nSPS) is 17.8. The van der Waals surface area contributed by atoms with E-state index in [1.54, 1.807) is 31.3 Å². The molecule has 0 spiro atoms. The Labute approximate surface area is 202 Å². The molecule has 184 valence electrons. The SMILES string of the molecule is Cc1ccc(C)c(S(=O)(=O)Nc2cc(C(=O)NC3CCCCCC3)cnc2N2CCNCC2)c1. The summed E-state index contributed by atoms with van der Waals surface area (Å²) in [7, 11) is -3.87. The van der Waals surface area contributed by atoms with Gasteiger partial charge in [0.15, 0.2) is 5.82 Å². The summed E-state index contributed by atoms with van der Waals surface area (Å²) in [6.07, 6.45) is 8.15. The van der Waals surface area contributed by atoms with Crippen molar-refractivity contribution < 1.29 is 13.2 Å². The van der Waals surface area contributed by atoms with Gasteiger partial charge in [-0.3, -0.25) is 9.52 Å². The van der Waals surface area contributed by atoms with E-state index in [9.17, 15) is 13.2 Å². The maximum Gasteiger partial charge on any atom is 0.262 e. The van der Waals surface area contributed by atoms with E-state index in [0.717, 1.165) is 44.3 Å². The van der Waals surface area contributed by atoms with E-state index in [1.165, 1.54) is 12.8 Å². The molecule has 1 amide bonds. The summed E-state index contributed by atoms with van der Waals surface area (Å²) in [6.45, 7) is 6.63. The molecule has 2 aromatic rings. The number of carbonyl (C=O) groups is 1. The van der Waals surface area contributed by atoms with Gasteiger partial charge >= 0.3 is 0 Å². The first-order valence-electron chi connectivity index (χ1n) is 12.2. The lowest BCUT2D eigenvalue weighted by Gasteiger charge is -2.30. The number of nitrogens with one attached hydrogen (secondary N) is 3. The minimum Gasteiger partial charge on any atom is -0.352 e. The molecule has 1 saturated carbocycles. The van der Waals surface area contributed by atoms with E-state index >= 15 is 0 Å². The number of hydrogen-bond acceptors (Lipinski definition) is 6. The first kappa shape index (κ1) is 24.5. The second-order valence-corrected chi connectivity index (χ2v) is 11.0. The zero-order valence-corrected chi connectivity index (χ0v) is 20.9. The van der Waals surface area contributed by atoms with Crippen molar-refractivity contribution in [1.29, 1.82) is 0 Å². The van der Waals surface area contributed by atoms with Crippen molar-refractivity contribution >= 4 is 27.4 Å². The van der Waals surface area contributed by atoms with Gasteiger partial charge in [0.25, 0.3) is 15.9 Å². The molecule has 2 fully saturated rings. The van der Waals surface area contributed by atoms with E-state index in [0.29, 0.717) is 35.7 Å².